The van der Waals surface area contributed by atoms with Crippen molar-refractivity contribution in [3.05, 3.63) is 0 Å². The summed E-state index contributed by atoms with van der Waals surface area (Å²) in [5.41, 5.74) is 0. The molecule has 10 heavy (non-hydrogen) atoms. The van der Waals surface area contributed by atoms with E-state index in [0.717, 1.165) is 0 Å². The van der Waals surface area contributed by atoms with E-state index in [9.17, 15) is 0 Å². The van der Waals surface area contributed by atoms with E-state index in [0.29, 0.717) is 5.16 Å². The van der Waals surface area contributed by atoms with Crippen molar-refractivity contribution in [3.8, 4) is 0 Å². The van der Waals surface area contributed by atoms with Gasteiger partial charge in [0.2, 0.25) is 0 Å². The molecule has 0 fully saturated rings. The van der Waals surface area contributed by atoms with Gasteiger partial charge in [-0.25, -0.2) is 0 Å². The van der Waals surface area contributed by atoms with Crippen molar-refractivity contribution in [2.45, 2.75) is 39.8 Å². The Morgan fingerprint density at radius 2 is 1.40 bits per heavy atom. The minimum atomic E-state index is -1.03. The van der Waals surface area contributed by atoms with E-state index in [1.165, 1.54) is 12.3 Å². The van der Waals surface area contributed by atoms with Gasteiger partial charge in [-0.3, -0.25) is 0 Å². The van der Waals surface area contributed by atoms with Crippen molar-refractivity contribution in [1.82, 2.24) is 0 Å². The molecule has 0 aliphatic carbocycles. The van der Waals surface area contributed by atoms with Crippen LogP contribution in [-0.4, -0.2) is 17.5 Å². The van der Waals surface area contributed by atoms with Crippen LogP contribution >= 0.6 is 6.04 Å². The van der Waals surface area contributed by atoms with Crippen molar-refractivity contribution in [1.29, 1.82) is 0 Å². The molecular formula is C8H19PS. The molecule has 0 aliphatic heterocycles. The molecule has 0 radical (unpaired) electrons. The second kappa shape index (κ2) is 3.36. The highest BCUT2D eigenvalue weighted by Gasteiger charge is 2.27. The zero-order valence-corrected chi connectivity index (χ0v) is 9.48. The van der Waals surface area contributed by atoms with Crippen molar-refractivity contribution < 1.29 is 0 Å². The van der Waals surface area contributed by atoms with Crippen LogP contribution in [0, 0.1) is 0 Å². The maximum Gasteiger partial charge on any atom is -0.00891 e. The summed E-state index contributed by atoms with van der Waals surface area (Å²) in [5, 5.41) is 0.381. The second-order valence-electron chi connectivity index (χ2n) is 3.69. The Bertz CT molecular complexity index is 136. The Balaban J connectivity index is 4.51. The molecule has 0 saturated heterocycles. The molecule has 0 atom stereocenters. The molecule has 0 rings (SSSR count). The van der Waals surface area contributed by atoms with Crippen LogP contribution in [-0.2, 0) is 11.8 Å². The lowest BCUT2D eigenvalue weighted by Crippen LogP contribution is -2.17. The van der Waals surface area contributed by atoms with Gasteiger partial charge in [0.1, 0.15) is 0 Å². The molecule has 2 heteroatoms. The molecule has 62 valence electrons. The zero-order valence-electron chi connectivity index (χ0n) is 7.77. The lowest BCUT2D eigenvalue weighted by molar-refractivity contribution is 0.778. The molecule has 0 amide bonds. The molecule has 0 heterocycles. The van der Waals surface area contributed by atoms with Crippen LogP contribution in [0.5, 0.6) is 0 Å². The Labute approximate surface area is 70.4 Å². The SMILES string of the molecule is CCP(=S)(CC)C(C)(C)C. The summed E-state index contributed by atoms with van der Waals surface area (Å²) in [4.78, 5) is 0. The zero-order chi connectivity index (χ0) is 8.41. The Kier molecular flexibility index (Phi) is 3.58. The molecule has 0 unspecified atom stereocenters. The van der Waals surface area contributed by atoms with Gasteiger partial charge in [0.25, 0.3) is 0 Å². The number of rotatable bonds is 2. The van der Waals surface area contributed by atoms with Crippen LogP contribution in [0.1, 0.15) is 34.6 Å². The summed E-state index contributed by atoms with van der Waals surface area (Å²) >= 11 is 5.65. The van der Waals surface area contributed by atoms with Crippen molar-refractivity contribution in [3.63, 3.8) is 0 Å². The molecule has 0 aromatic carbocycles. The maximum atomic E-state index is 5.65. The average Bonchev–Trinajstić information content (AvgIpc) is 1.84. The first-order chi connectivity index (χ1) is 4.37. The van der Waals surface area contributed by atoms with E-state index in [1.54, 1.807) is 0 Å². The van der Waals surface area contributed by atoms with Gasteiger partial charge in [-0.05, 0) is 23.5 Å². The van der Waals surface area contributed by atoms with Gasteiger partial charge in [-0.15, -0.1) is 0 Å². The third-order valence-electron chi connectivity index (χ3n) is 2.24. The Hall–Kier alpha value is 0.650. The fraction of sp³-hybridized carbons (Fsp3) is 1.00. The summed E-state index contributed by atoms with van der Waals surface area (Å²) in [6.45, 7) is 11.3. The van der Waals surface area contributed by atoms with E-state index in [1.807, 2.05) is 0 Å². The molecule has 0 bridgehead atoms. The third kappa shape index (κ3) is 2.07. The van der Waals surface area contributed by atoms with Crippen LogP contribution < -0.4 is 0 Å². The summed E-state index contributed by atoms with van der Waals surface area (Å²) < 4.78 is 0. The fourth-order valence-electron chi connectivity index (χ4n) is 1.17. The quantitative estimate of drug-likeness (QED) is 0.585. The van der Waals surface area contributed by atoms with Crippen LogP contribution in [0.2, 0.25) is 0 Å². The van der Waals surface area contributed by atoms with E-state index in [2.05, 4.69) is 34.6 Å². The average molecular weight is 178 g/mol. The van der Waals surface area contributed by atoms with Crippen LogP contribution in [0.4, 0.5) is 0 Å². The molecule has 0 spiro atoms. The van der Waals surface area contributed by atoms with Gasteiger partial charge in [0.05, 0.1) is 0 Å². The predicted molar refractivity (Wildman–Crippen MR) is 55.1 cm³/mol. The highest BCUT2D eigenvalue weighted by Crippen LogP contribution is 2.57. The van der Waals surface area contributed by atoms with Gasteiger partial charge in [0, 0.05) is 0 Å². The predicted octanol–water partition coefficient (Wildman–Crippen LogP) is 3.30. The number of hydrogen-bond donors (Lipinski definition) is 0. The monoisotopic (exact) mass is 178 g/mol. The molecule has 0 N–H and O–H groups in total. The van der Waals surface area contributed by atoms with E-state index in [4.69, 9.17) is 11.8 Å². The first-order valence-electron chi connectivity index (χ1n) is 3.95. The van der Waals surface area contributed by atoms with Gasteiger partial charge in [0.15, 0.2) is 0 Å². The number of hydrogen-bond acceptors (Lipinski definition) is 1. The molecule has 0 nitrogen and oxygen atoms in total. The summed E-state index contributed by atoms with van der Waals surface area (Å²) in [5.74, 6) is 0. The van der Waals surface area contributed by atoms with Gasteiger partial charge in [-0.1, -0.05) is 46.4 Å². The molecule has 0 saturated carbocycles. The first-order valence-corrected chi connectivity index (χ1v) is 7.13. The second-order valence-corrected chi connectivity index (χ2v) is 10.2. The standard InChI is InChI=1S/C8H19PS/c1-6-9(10,7-2)8(3,4)5/h6-7H2,1-5H3. The largest absolute Gasteiger partial charge is 0.0970 e. The highest BCUT2D eigenvalue weighted by atomic mass is 32.4. The van der Waals surface area contributed by atoms with Crippen molar-refractivity contribution in [2.24, 2.45) is 0 Å². The van der Waals surface area contributed by atoms with Crippen LogP contribution in [0.3, 0.4) is 0 Å². The smallest absolute Gasteiger partial charge is 0.00891 e. The van der Waals surface area contributed by atoms with E-state index >= 15 is 0 Å². The lowest BCUT2D eigenvalue weighted by Gasteiger charge is -2.33. The third-order valence-corrected chi connectivity index (χ3v) is 9.92. The normalized spacial score (nSPS) is 13.7. The maximum absolute atomic E-state index is 5.65. The summed E-state index contributed by atoms with van der Waals surface area (Å²) in [7, 11) is 0. The lowest BCUT2D eigenvalue weighted by atomic mass is 10.3. The van der Waals surface area contributed by atoms with Gasteiger partial charge >= 0.3 is 0 Å². The van der Waals surface area contributed by atoms with Crippen molar-refractivity contribution in [2.75, 3.05) is 12.3 Å². The summed E-state index contributed by atoms with van der Waals surface area (Å²) in [6.07, 6.45) is 2.42. The molecule has 0 aromatic heterocycles. The highest BCUT2D eigenvalue weighted by molar-refractivity contribution is 8.15. The molecule has 0 aliphatic rings. The van der Waals surface area contributed by atoms with Crippen LogP contribution in [0.15, 0.2) is 0 Å². The topological polar surface area (TPSA) is 0 Å². The first kappa shape index (κ1) is 10.7. The van der Waals surface area contributed by atoms with Gasteiger partial charge < -0.3 is 0 Å². The van der Waals surface area contributed by atoms with Gasteiger partial charge in [-0.2, -0.15) is 0 Å². The Morgan fingerprint density at radius 1 is 1.10 bits per heavy atom. The fourth-order valence-corrected chi connectivity index (χ4v) is 3.52. The minimum absolute atomic E-state index is 0.381. The molecular weight excluding hydrogens is 159 g/mol. The van der Waals surface area contributed by atoms with E-state index < -0.39 is 6.04 Å². The Morgan fingerprint density at radius 3 is 1.40 bits per heavy atom. The summed E-state index contributed by atoms with van der Waals surface area (Å²) in [6, 6.07) is -1.03. The molecule has 0 aromatic rings. The van der Waals surface area contributed by atoms with Crippen molar-refractivity contribution >= 4 is 17.8 Å². The minimum Gasteiger partial charge on any atom is -0.0970 e. The van der Waals surface area contributed by atoms with E-state index in [-0.39, 0.29) is 0 Å². The van der Waals surface area contributed by atoms with Crippen LogP contribution in [0.25, 0.3) is 0 Å².